The Kier molecular flexibility index (Phi) is 5.62. The van der Waals surface area contributed by atoms with E-state index >= 15 is 0 Å². The molecule has 1 fully saturated rings. The maximum Gasteiger partial charge on any atom is 0.294 e. The van der Waals surface area contributed by atoms with E-state index < -0.39 is 17.5 Å². The van der Waals surface area contributed by atoms with Gasteiger partial charge in [0.2, 0.25) is 5.82 Å². The van der Waals surface area contributed by atoms with Gasteiger partial charge in [-0.05, 0) is 49.9 Å². The summed E-state index contributed by atoms with van der Waals surface area (Å²) in [4.78, 5) is 20.2. The van der Waals surface area contributed by atoms with Crippen molar-refractivity contribution in [1.29, 1.82) is 0 Å². The predicted octanol–water partition coefficient (Wildman–Crippen LogP) is 4.94. The Hall–Kier alpha value is -3.95. The highest BCUT2D eigenvalue weighted by Gasteiger charge is 2.44. The first-order valence-corrected chi connectivity index (χ1v) is 12.4. The molecule has 2 aliphatic rings. The molecular formula is C27H25F3N6O. The number of halogens is 3. The van der Waals surface area contributed by atoms with Gasteiger partial charge < -0.3 is 4.90 Å². The summed E-state index contributed by atoms with van der Waals surface area (Å²) in [7, 11) is 1.69. The smallest absolute Gasteiger partial charge is 0.294 e. The fraction of sp³-hybridized carbons (Fsp3) is 0.333. The summed E-state index contributed by atoms with van der Waals surface area (Å²) in [5.41, 5.74) is 3.13. The highest BCUT2D eigenvalue weighted by Crippen LogP contribution is 2.45. The van der Waals surface area contributed by atoms with Crippen LogP contribution in [0.15, 0.2) is 42.5 Å². The number of aromatic nitrogens is 5. The van der Waals surface area contributed by atoms with Crippen LogP contribution in [-0.2, 0) is 19.9 Å². The first-order valence-electron chi connectivity index (χ1n) is 12.4. The zero-order valence-corrected chi connectivity index (χ0v) is 20.5. The van der Waals surface area contributed by atoms with Gasteiger partial charge in [0, 0.05) is 30.6 Å². The van der Waals surface area contributed by atoms with Gasteiger partial charge in [-0.3, -0.25) is 9.48 Å². The van der Waals surface area contributed by atoms with Crippen LogP contribution in [-0.4, -0.2) is 41.4 Å². The Balaban J connectivity index is 1.40. The molecule has 4 aromatic rings. The summed E-state index contributed by atoms with van der Waals surface area (Å²) in [6.45, 7) is 1.97. The Labute approximate surface area is 211 Å². The van der Waals surface area contributed by atoms with Crippen LogP contribution in [0.3, 0.4) is 0 Å². The van der Waals surface area contributed by atoms with Crippen LogP contribution < -0.4 is 0 Å². The number of fused-ring (bicyclic) bond motifs is 4. The topological polar surface area (TPSA) is 68.8 Å². The molecule has 0 saturated carbocycles. The van der Waals surface area contributed by atoms with Crippen LogP contribution in [0.5, 0.6) is 0 Å². The Morgan fingerprint density at radius 1 is 1.05 bits per heavy atom. The average molecular weight is 507 g/mol. The number of nitrogens with zero attached hydrogens (tertiary/aromatic N) is 6. The molecule has 1 saturated heterocycles. The van der Waals surface area contributed by atoms with Crippen LogP contribution in [0, 0.1) is 17.5 Å². The van der Waals surface area contributed by atoms with E-state index in [2.05, 4.69) is 15.2 Å². The van der Waals surface area contributed by atoms with Crippen LogP contribution in [0.25, 0.3) is 16.9 Å². The van der Waals surface area contributed by atoms with Crippen LogP contribution in [0.4, 0.5) is 13.2 Å². The minimum absolute atomic E-state index is 0.134. The fourth-order valence-corrected chi connectivity index (χ4v) is 5.76. The van der Waals surface area contributed by atoms with E-state index in [0.29, 0.717) is 36.5 Å². The van der Waals surface area contributed by atoms with Gasteiger partial charge in [-0.15, -0.1) is 5.10 Å². The van der Waals surface area contributed by atoms with Crippen LogP contribution in [0.2, 0.25) is 0 Å². The molecule has 0 aliphatic carbocycles. The lowest BCUT2D eigenvalue weighted by atomic mass is 9.81. The Morgan fingerprint density at radius 3 is 2.49 bits per heavy atom. The van der Waals surface area contributed by atoms with Crippen LogP contribution in [0.1, 0.15) is 59.9 Å². The monoisotopic (exact) mass is 506 g/mol. The molecule has 0 radical (unpaired) electrons. The van der Waals surface area contributed by atoms with Crippen molar-refractivity contribution in [2.75, 3.05) is 0 Å². The fourth-order valence-electron chi connectivity index (χ4n) is 5.76. The maximum atomic E-state index is 14.1. The van der Waals surface area contributed by atoms with Crippen molar-refractivity contribution in [3.8, 4) is 16.9 Å². The molecule has 37 heavy (non-hydrogen) atoms. The minimum atomic E-state index is -1.50. The second-order valence-corrected chi connectivity index (χ2v) is 9.56. The summed E-state index contributed by atoms with van der Waals surface area (Å²) in [6, 6.07) is 11.1. The van der Waals surface area contributed by atoms with E-state index in [-0.39, 0.29) is 29.4 Å². The molecule has 4 heterocycles. The van der Waals surface area contributed by atoms with Gasteiger partial charge in [0.05, 0.1) is 23.1 Å². The van der Waals surface area contributed by atoms with Crippen molar-refractivity contribution < 1.29 is 18.0 Å². The molecule has 2 aromatic carbocycles. The van der Waals surface area contributed by atoms with E-state index in [4.69, 9.17) is 0 Å². The molecule has 2 aromatic heterocycles. The SMILES string of the molecule is CCc1nc(C(=O)N2[C@@H]3CCC[C@@H]2c2nn(C)c(-c4cc(F)c(F)c(F)c4)c2C3)nn1-c1ccccc1. The summed E-state index contributed by atoms with van der Waals surface area (Å²) in [5, 5.41) is 9.26. The van der Waals surface area contributed by atoms with E-state index in [1.54, 1.807) is 16.4 Å². The Bertz CT molecular complexity index is 1490. The Morgan fingerprint density at radius 2 is 1.78 bits per heavy atom. The zero-order valence-electron chi connectivity index (χ0n) is 20.5. The second-order valence-electron chi connectivity index (χ2n) is 9.56. The summed E-state index contributed by atoms with van der Waals surface area (Å²) in [6.07, 6.45) is 3.50. The zero-order chi connectivity index (χ0) is 25.8. The molecule has 2 aliphatic heterocycles. The largest absolute Gasteiger partial charge is 0.324 e. The number of rotatable bonds is 4. The number of hydrogen-bond acceptors (Lipinski definition) is 4. The second kappa shape index (κ2) is 8.86. The van der Waals surface area contributed by atoms with E-state index in [0.717, 1.165) is 36.2 Å². The highest BCUT2D eigenvalue weighted by atomic mass is 19.2. The average Bonchev–Trinajstić information content (AvgIpc) is 3.48. The number of para-hydroxylation sites is 1. The van der Waals surface area contributed by atoms with E-state index in [1.165, 1.54) is 0 Å². The first-order chi connectivity index (χ1) is 17.9. The molecule has 190 valence electrons. The lowest BCUT2D eigenvalue weighted by Crippen LogP contribution is -2.50. The van der Waals surface area contributed by atoms with Crippen LogP contribution >= 0.6 is 0 Å². The molecule has 2 atom stereocenters. The quantitative estimate of drug-likeness (QED) is 0.368. The van der Waals surface area contributed by atoms with Crippen molar-refractivity contribution in [3.05, 3.63) is 82.8 Å². The van der Waals surface area contributed by atoms with Gasteiger partial charge in [0.25, 0.3) is 5.91 Å². The van der Waals surface area contributed by atoms with Crippen molar-refractivity contribution >= 4 is 5.91 Å². The first kappa shape index (κ1) is 23.4. The van der Waals surface area contributed by atoms with E-state index in [1.807, 2.05) is 42.2 Å². The summed E-state index contributed by atoms with van der Waals surface area (Å²) in [5.74, 6) is -3.41. The van der Waals surface area contributed by atoms with Gasteiger partial charge in [-0.1, -0.05) is 25.1 Å². The minimum Gasteiger partial charge on any atom is -0.324 e. The van der Waals surface area contributed by atoms with Crippen molar-refractivity contribution in [2.24, 2.45) is 7.05 Å². The molecule has 0 spiro atoms. The molecule has 0 unspecified atom stereocenters. The number of piperidine rings is 1. The van der Waals surface area contributed by atoms with Gasteiger partial charge >= 0.3 is 0 Å². The predicted molar refractivity (Wildman–Crippen MR) is 130 cm³/mol. The van der Waals surface area contributed by atoms with E-state index in [9.17, 15) is 18.0 Å². The number of aryl methyl sites for hydroxylation is 2. The lowest BCUT2D eigenvalue weighted by Gasteiger charge is -2.44. The lowest BCUT2D eigenvalue weighted by molar-refractivity contribution is 0.0379. The number of benzene rings is 2. The number of carbonyl (C=O) groups excluding carboxylic acids is 1. The van der Waals surface area contributed by atoms with Gasteiger partial charge in [0.1, 0.15) is 5.82 Å². The molecular weight excluding hydrogens is 481 g/mol. The number of amides is 1. The third-order valence-corrected chi connectivity index (χ3v) is 7.35. The van der Waals surface area contributed by atoms with Gasteiger partial charge in [-0.2, -0.15) is 5.10 Å². The maximum absolute atomic E-state index is 14.1. The number of hydrogen-bond donors (Lipinski definition) is 0. The van der Waals surface area contributed by atoms with Crippen molar-refractivity contribution in [1.82, 2.24) is 29.4 Å². The molecule has 0 N–H and O–H groups in total. The summed E-state index contributed by atoms with van der Waals surface area (Å²) < 4.78 is 45.0. The molecule has 2 bridgehead atoms. The van der Waals surface area contributed by atoms with Gasteiger partial charge in [-0.25, -0.2) is 22.8 Å². The molecule has 1 amide bonds. The standard InChI is InChI=1S/C27H25F3N6O/c1-3-22-31-26(33-36(22)16-8-5-4-6-9-16)27(37)35-17-10-7-11-21(35)24-18(14-17)25(34(2)32-24)15-12-19(28)23(30)20(29)13-15/h4-6,8-9,12-13,17,21H,3,7,10-11,14H2,1-2H3/t17-,21-/m1/s1. The number of carbonyl (C=O) groups is 1. The summed E-state index contributed by atoms with van der Waals surface area (Å²) >= 11 is 0. The van der Waals surface area contributed by atoms with Crippen molar-refractivity contribution in [2.45, 2.75) is 51.1 Å². The molecule has 7 nitrogen and oxygen atoms in total. The molecule has 6 rings (SSSR count). The highest BCUT2D eigenvalue weighted by molar-refractivity contribution is 5.91. The normalized spacial score (nSPS) is 18.7. The van der Waals surface area contributed by atoms with Crippen molar-refractivity contribution in [3.63, 3.8) is 0 Å². The van der Waals surface area contributed by atoms with Gasteiger partial charge in [0.15, 0.2) is 17.5 Å². The molecule has 10 heteroatoms. The third kappa shape index (κ3) is 3.73. The third-order valence-electron chi connectivity index (χ3n) is 7.35.